The van der Waals surface area contributed by atoms with Gasteiger partial charge in [0.25, 0.3) is 5.91 Å². The lowest BCUT2D eigenvalue weighted by Gasteiger charge is -2.21. The topological polar surface area (TPSA) is 105 Å². The van der Waals surface area contributed by atoms with Gasteiger partial charge in [0.2, 0.25) is 0 Å². The summed E-state index contributed by atoms with van der Waals surface area (Å²) in [6.07, 6.45) is -1.10. The smallest absolute Gasteiger partial charge is 0.407 e. The highest BCUT2D eigenvalue weighted by molar-refractivity contribution is 5.88. The van der Waals surface area contributed by atoms with Crippen molar-refractivity contribution >= 4 is 18.0 Å². The van der Waals surface area contributed by atoms with Gasteiger partial charge in [0.1, 0.15) is 12.6 Å². The maximum Gasteiger partial charge on any atom is 0.407 e. The molecule has 33 heavy (non-hydrogen) atoms. The fourth-order valence-electron chi connectivity index (χ4n) is 3.87. The summed E-state index contributed by atoms with van der Waals surface area (Å²) in [6, 6.07) is 13.9. The fraction of sp³-hybridized carbons (Fsp3) is 0.375. The van der Waals surface area contributed by atoms with Crippen molar-refractivity contribution in [1.82, 2.24) is 10.6 Å². The van der Waals surface area contributed by atoms with Crippen LogP contribution in [0.3, 0.4) is 0 Å². The van der Waals surface area contributed by atoms with Gasteiger partial charge in [-0.3, -0.25) is 4.79 Å². The predicted molar refractivity (Wildman–Crippen MR) is 117 cm³/mol. The number of hydrogen-bond acceptors (Lipinski definition) is 4. The number of hydrogen-bond donors (Lipinski definition) is 3. The molecule has 0 saturated heterocycles. The second kappa shape index (κ2) is 9.97. The zero-order chi connectivity index (χ0) is 24.2. The molecular formula is C24H26F2N2O5. The molecule has 176 valence electrons. The van der Waals surface area contributed by atoms with Crippen LogP contribution in [0.15, 0.2) is 48.5 Å². The number of alkyl carbamates (subject to hydrolysis) is 1. The number of nitrogens with one attached hydrogen (secondary N) is 2. The van der Waals surface area contributed by atoms with Crippen LogP contribution in [0.4, 0.5) is 13.6 Å². The van der Waals surface area contributed by atoms with E-state index in [1.807, 2.05) is 59.2 Å². The van der Waals surface area contributed by atoms with E-state index in [1.165, 1.54) is 0 Å². The molecule has 2 aromatic carbocycles. The highest BCUT2D eigenvalue weighted by Crippen LogP contribution is 2.44. The first kappa shape index (κ1) is 24.2. The standard InChI is InChI=1S/C24H26F2N2O5/c1-14(2)11-20(21(29)30)28-22(31)24(25,26)13-27-23(32)33-12-19-17-9-5-3-7-15(17)16-8-4-6-10-18(16)19/h3-10,14,19-20H,11-13H2,1-2H3,(H,27,32)(H,28,31)(H,29,30)/t20-/m0/s1. The van der Waals surface area contributed by atoms with Crippen molar-refractivity contribution < 1.29 is 33.0 Å². The van der Waals surface area contributed by atoms with Crippen molar-refractivity contribution in [2.24, 2.45) is 5.92 Å². The average molecular weight is 460 g/mol. The van der Waals surface area contributed by atoms with Gasteiger partial charge in [0, 0.05) is 5.92 Å². The van der Waals surface area contributed by atoms with E-state index in [0.29, 0.717) is 0 Å². The van der Waals surface area contributed by atoms with Crippen LogP contribution in [0.1, 0.15) is 37.3 Å². The molecule has 0 aromatic heterocycles. The van der Waals surface area contributed by atoms with E-state index in [9.17, 15) is 23.2 Å². The summed E-state index contributed by atoms with van der Waals surface area (Å²) in [6.45, 7) is 2.04. The van der Waals surface area contributed by atoms with Crippen LogP contribution in [-0.2, 0) is 14.3 Å². The van der Waals surface area contributed by atoms with Crippen LogP contribution >= 0.6 is 0 Å². The molecular weight excluding hydrogens is 434 g/mol. The summed E-state index contributed by atoms with van der Waals surface area (Å²) in [4.78, 5) is 35.2. The zero-order valence-electron chi connectivity index (χ0n) is 18.3. The molecule has 2 amide bonds. The van der Waals surface area contributed by atoms with E-state index in [4.69, 9.17) is 9.84 Å². The molecule has 0 aliphatic heterocycles. The van der Waals surface area contributed by atoms with Crippen molar-refractivity contribution in [2.75, 3.05) is 13.2 Å². The van der Waals surface area contributed by atoms with Gasteiger partial charge < -0.3 is 20.5 Å². The second-order valence-electron chi connectivity index (χ2n) is 8.38. The van der Waals surface area contributed by atoms with E-state index in [0.717, 1.165) is 22.3 Å². The van der Waals surface area contributed by atoms with Crippen LogP contribution < -0.4 is 10.6 Å². The Morgan fingerprint density at radius 3 is 2.09 bits per heavy atom. The minimum atomic E-state index is -4.00. The molecule has 0 unspecified atom stereocenters. The van der Waals surface area contributed by atoms with Gasteiger partial charge in [0.15, 0.2) is 0 Å². The number of aliphatic carboxylic acids is 1. The molecule has 2 aromatic rings. The van der Waals surface area contributed by atoms with Gasteiger partial charge in [-0.05, 0) is 34.6 Å². The van der Waals surface area contributed by atoms with Gasteiger partial charge in [-0.1, -0.05) is 62.4 Å². The maximum atomic E-state index is 14.2. The molecule has 0 saturated carbocycles. The highest BCUT2D eigenvalue weighted by atomic mass is 19.3. The van der Waals surface area contributed by atoms with Gasteiger partial charge in [-0.25, -0.2) is 9.59 Å². The molecule has 7 nitrogen and oxygen atoms in total. The number of carbonyl (C=O) groups is 3. The Labute approximate surface area is 190 Å². The molecule has 3 N–H and O–H groups in total. The summed E-state index contributed by atoms with van der Waals surface area (Å²) >= 11 is 0. The summed E-state index contributed by atoms with van der Waals surface area (Å²) in [5.74, 6) is -7.54. The molecule has 1 aliphatic rings. The van der Waals surface area contributed by atoms with E-state index in [1.54, 1.807) is 13.8 Å². The number of carboxylic acid groups (broad SMARTS) is 1. The third kappa shape index (κ3) is 5.66. The molecule has 1 atom stereocenters. The minimum Gasteiger partial charge on any atom is -0.480 e. The molecule has 0 heterocycles. The summed E-state index contributed by atoms with van der Waals surface area (Å²) < 4.78 is 33.6. The summed E-state index contributed by atoms with van der Waals surface area (Å²) in [5.41, 5.74) is 4.00. The van der Waals surface area contributed by atoms with E-state index in [-0.39, 0.29) is 24.9 Å². The molecule has 0 spiro atoms. The van der Waals surface area contributed by atoms with Crippen molar-refractivity contribution in [3.63, 3.8) is 0 Å². The van der Waals surface area contributed by atoms with E-state index in [2.05, 4.69) is 0 Å². The molecule has 9 heteroatoms. The summed E-state index contributed by atoms with van der Waals surface area (Å²) in [7, 11) is 0. The van der Waals surface area contributed by atoms with Crippen molar-refractivity contribution in [3.05, 3.63) is 59.7 Å². The third-order valence-corrected chi connectivity index (χ3v) is 5.44. The number of rotatable bonds is 9. The van der Waals surface area contributed by atoms with Gasteiger partial charge in [-0.15, -0.1) is 0 Å². The van der Waals surface area contributed by atoms with Gasteiger partial charge in [-0.2, -0.15) is 8.78 Å². The third-order valence-electron chi connectivity index (χ3n) is 5.44. The fourth-order valence-corrected chi connectivity index (χ4v) is 3.87. The minimum absolute atomic E-state index is 0.00302. The average Bonchev–Trinajstić information content (AvgIpc) is 3.09. The van der Waals surface area contributed by atoms with E-state index < -0.39 is 36.5 Å². The lowest BCUT2D eigenvalue weighted by atomic mass is 9.98. The first-order valence-corrected chi connectivity index (χ1v) is 10.6. The van der Waals surface area contributed by atoms with Crippen molar-refractivity contribution in [3.8, 4) is 11.1 Å². The van der Waals surface area contributed by atoms with Gasteiger partial charge >= 0.3 is 18.0 Å². The Kier molecular flexibility index (Phi) is 7.30. The Hall–Kier alpha value is -3.49. The Bertz CT molecular complexity index is 996. The van der Waals surface area contributed by atoms with E-state index >= 15 is 0 Å². The molecule has 0 radical (unpaired) electrons. The molecule has 3 rings (SSSR count). The number of alkyl halides is 2. The maximum absolute atomic E-state index is 14.2. The monoisotopic (exact) mass is 460 g/mol. The normalized spacial score (nSPS) is 13.7. The second-order valence-corrected chi connectivity index (χ2v) is 8.38. The number of halogens is 2. The molecule has 0 fully saturated rings. The van der Waals surface area contributed by atoms with Crippen LogP contribution in [0.5, 0.6) is 0 Å². The van der Waals surface area contributed by atoms with Crippen LogP contribution in [0, 0.1) is 5.92 Å². The van der Waals surface area contributed by atoms with Crippen molar-refractivity contribution in [1.29, 1.82) is 0 Å². The molecule has 0 bridgehead atoms. The number of benzene rings is 2. The number of carboxylic acids is 1. The lowest BCUT2D eigenvalue weighted by molar-refractivity contribution is -0.151. The molecule has 1 aliphatic carbocycles. The highest BCUT2D eigenvalue weighted by Gasteiger charge is 2.41. The number of carbonyl (C=O) groups excluding carboxylic acids is 2. The van der Waals surface area contributed by atoms with Crippen molar-refractivity contribution in [2.45, 2.75) is 38.2 Å². The first-order chi connectivity index (χ1) is 15.6. The van der Waals surface area contributed by atoms with Crippen LogP contribution in [-0.4, -0.2) is 48.2 Å². The predicted octanol–water partition coefficient (Wildman–Crippen LogP) is 3.78. The largest absolute Gasteiger partial charge is 0.480 e. The number of amides is 2. The Morgan fingerprint density at radius 1 is 1.03 bits per heavy atom. The number of ether oxygens (including phenoxy) is 1. The summed E-state index contributed by atoms with van der Waals surface area (Å²) in [5, 5.41) is 12.8. The first-order valence-electron chi connectivity index (χ1n) is 10.6. The SMILES string of the molecule is CC(C)C[C@H](NC(=O)C(F)(F)CNC(=O)OCC1c2ccccc2-c2ccccc21)C(=O)O. The Balaban J connectivity index is 1.56. The van der Waals surface area contributed by atoms with Crippen LogP contribution in [0.2, 0.25) is 0 Å². The lowest BCUT2D eigenvalue weighted by Crippen LogP contribution is -2.53. The van der Waals surface area contributed by atoms with Crippen LogP contribution in [0.25, 0.3) is 11.1 Å². The quantitative estimate of drug-likeness (QED) is 0.528. The van der Waals surface area contributed by atoms with Gasteiger partial charge in [0.05, 0.1) is 6.54 Å². The Morgan fingerprint density at radius 2 is 1.58 bits per heavy atom. The number of fused-ring (bicyclic) bond motifs is 3. The zero-order valence-corrected chi connectivity index (χ0v) is 18.3.